The fourth-order valence-corrected chi connectivity index (χ4v) is 5.28. The molecule has 0 heterocycles. The molecule has 0 saturated carbocycles. The summed E-state index contributed by atoms with van der Waals surface area (Å²) in [6, 6.07) is 19.3. The molecule has 1 atom stereocenters. The number of sulfonamides is 1. The van der Waals surface area contributed by atoms with E-state index >= 15 is 0 Å². The summed E-state index contributed by atoms with van der Waals surface area (Å²) in [5, 5.41) is 2.70. The van der Waals surface area contributed by atoms with Crippen LogP contribution in [0.2, 0.25) is 5.02 Å². The predicted molar refractivity (Wildman–Crippen MR) is 157 cm³/mol. The third kappa shape index (κ3) is 8.79. The van der Waals surface area contributed by atoms with E-state index in [0.717, 1.165) is 39.4 Å². The Hall–Kier alpha value is -3.43. The van der Waals surface area contributed by atoms with E-state index in [9.17, 15) is 22.4 Å². The van der Waals surface area contributed by atoms with Crippen molar-refractivity contribution >= 4 is 39.1 Å². The van der Waals surface area contributed by atoms with Gasteiger partial charge in [-0.3, -0.25) is 13.9 Å². The standard InChI is InChI=1S/C30H35ClFN3O4S/c1-21-10-9-13-23(16-21)19-34(27(29(37)33-30(2,3)4)17-22-11-7-6-8-12-22)28(36)20-35(40(5,38)39)24-14-15-26(32)25(31)18-24/h6-16,18,27H,17,19-20H2,1-5H3,(H,33,37)/t27-/m1/s1. The van der Waals surface area contributed by atoms with Crippen LogP contribution in [-0.2, 0) is 32.6 Å². The van der Waals surface area contributed by atoms with Crippen molar-refractivity contribution < 1.29 is 22.4 Å². The molecule has 7 nitrogen and oxygen atoms in total. The number of carbonyl (C=O) groups is 2. The summed E-state index contributed by atoms with van der Waals surface area (Å²) in [4.78, 5) is 29.2. The quantitative estimate of drug-likeness (QED) is 0.357. The summed E-state index contributed by atoms with van der Waals surface area (Å²) in [6.07, 6.45) is 1.16. The van der Waals surface area contributed by atoms with E-state index in [1.807, 2.05) is 82.3 Å². The molecule has 0 unspecified atom stereocenters. The molecule has 0 spiro atoms. The zero-order valence-electron chi connectivity index (χ0n) is 23.3. The summed E-state index contributed by atoms with van der Waals surface area (Å²) in [6.45, 7) is 6.92. The minimum atomic E-state index is -3.99. The highest BCUT2D eigenvalue weighted by atomic mass is 35.5. The molecule has 0 aliphatic heterocycles. The Morgan fingerprint density at radius 2 is 1.62 bits per heavy atom. The summed E-state index contributed by atoms with van der Waals surface area (Å²) in [5.41, 5.74) is 2.06. The van der Waals surface area contributed by atoms with Gasteiger partial charge in [-0.05, 0) is 57.0 Å². The van der Waals surface area contributed by atoms with Crippen LogP contribution in [-0.4, -0.2) is 49.5 Å². The van der Waals surface area contributed by atoms with Crippen LogP contribution < -0.4 is 9.62 Å². The number of amides is 2. The van der Waals surface area contributed by atoms with Gasteiger partial charge in [0.2, 0.25) is 21.8 Å². The molecule has 0 fully saturated rings. The van der Waals surface area contributed by atoms with Gasteiger partial charge in [-0.2, -0.15) is 0 Å². The van der Waals surface area contributed by atoms with Crippen molar-refractivity contribution in [1.29, 1.82) is 0 Å². The number of halogens is 2. The number of benzene rings is 3. The summed E-state index contributed by atoms with van der Waals surface area (Å²) >= 11 is 5.93. The minimum Gasteiger partial charge on any atom is -0.350 e. The third-order valence-electron chi connectivity index (χ3n) is 6.08. The maximum atomic E-state index is 14.0. The largest absolute Gasteiger partial charge is 0.350 e. The number of hydrogen-bond acceptors (Lipinski definition) is 4. The molecule has 1 N–H and O–H groups in total. The summed E-state index contributed by atoms with van der Waals surface area (Å²) in [5.74, 6) is -1.68. The van der Waals surface area contributed by atoms with Crippen molar-refractivity contribution in [2.75, 3.05) is 17.1 Å². The van der Waals surface area contributed by atoms with Crippen molar-refractivity contribution in [1.82, 2.24) is 10.2 Å². The average Bonchev–Trinajstić information content (AvgIpc) is 2.85. The maximum Gasteiger partial charge on any atom is 0.244 e. The number of hydrogen-bond donors (Lipinski definition) is 1. The average molecular weight is 588 g/mol. The highest BCUT2D eigenvalue weighted by Gasteiger charge is 2.34. The van der Waals surface area contributed by atoms with E-state index in [4.69, 9.17) is 11.6 Å². The topological polar surface area (TPSA) is 86.8 Å². The normalized spacial score (nSPS) is 12.5. The Morgan fingerprint density at radius 3 is 2.20 bits per heavy atom. The highest BCUT2D eigenvalue weighted by molar-refractivity contribution is 7.92. The van der Waals surface area contributed by atoms with Crippen LogP contribution in [0, 0.1) is 12.7 Å². The Morgan fingerprint density at radius 1 is 0.975 bits per heavy atom. The van der Waals surface area contributed by atoms with Crippen LogP contribution in [0.15, 0.2) is 72.8 Å². The summed E-state index contributed by atoms with van der Waals surface area (Å²) in [7, 11) is -3.99. The van der Waals surface area contributed by atoms with Gasteiger partial charge in [0.1, 0.15) is 18.4 Å². The first kappa shape index (κ1) is 31.1. The molecular formula is C30H35ClFN3O4S. The molecule has 3 rings (SSSR count). The Bertz CT molecular complexity index is 1460. The lowest BCUT2D eigenvalue weighted by Gasteiger charge is -2.35. The number of aryl methyl sites for hydroxylation is 1. The van der Waals surface area contributed by atoms with Crippen molar-refractivity contribution in [2.24, 2.45) is 0 Å². The molecule has 3 aromatic rings. The number of anilines is 1. The maximum absolute atomic E-state index is 14.0. The van der Waals surface area contributed by atoms with Gasteiger partial charge in [0, 0.05) is 18.5 Å². The van der Waals surface area contributed by atoms with Crippen molar-refractivity contribution in [3.8, 4) is 0 Å². The SMILES string of the molecule is Cc1cccc(CN(C(=O)CN(c2ccc(F)c(Cl)c2)S(C)(=O)=O)[C@H](Cc2ccccc2)C(=O)NC(C)(C)C)c1. The Balaban J connectivity index is 2.09. The van der Waals surface area contributed by atoms with E-state index in [-0.39, 0.29) is 29.6 Å². The lowest BCUT2D eigenvalue weighted by Crippen LogP contribution is -2.56. The molecule has 0 aromatic heterocycles. The molecule has 0 aliphatic rings. The first-order valence-corrected chi connectivity index (χ1v) is 15.0. The summed E-state index contributed by atoms with van der Waals surface area (Å²) < 4.78 is 40.3. The number of nitrogens with zero attached hydrogens (tertiary/aromatic N) is 2. The number of carbonyl (C=O) groups excluding carboxylic acids is 2. The Kier molecular flexibility index (Phi) is 9.97. The van der Waals surface area contributed by atoms with Gasteiger partial charge in [0.05, 0.1) is 17.0 Å². The molecule has 0 aliphatic carbocycles. The fourth-order valence-electron chi connectivity index (χ4n) is 4.27. The molecule has 0 bridgehead atoms. The molecule has 0 radical (unpaired) electrons. The van der Waals surface area contributed by atoms with Crippen LogP contribution in [0.25, 0.3) is 0 Å². The van der Waals surface area contributed by atoms with E-state index in [1.54, 1.807) is 0 Å². The first-order chi connectivity index (χ1) is 18.6. The van der Waals surface area contributed by atoms with Crippen LogP contribution in [0.4, 0.5) is 10.1 Å². The lowest BCUT2D eigenvalue weighted by molar-refractivity contribution is -0.140. The fraction of sp³-hybridized carbons (Fsp3) is 0.333. The molecule has 0 saturated heterocycles. The van der Waals surface area contributed by atoms with Crippen LogP contribution >= 0.6 is 11.6 Å². The van der Waals surface area contributed by atoms with Crippen molar-refractivity contribution in [3.63, 3.8) is 0 Å². The van der Waals surface area contributed by atoms with Gasteiger partial charge in [-0.1, -0.05) is 71.8 Å². The molecule has 40 heavy (non-hydrogen) atoms. The van der Waals surface area contributed by atoms with Crippen molar-refractivity contribution in [2.45, 2.75) is 52.2 Å². The zero-order chi connectivity index (χ0) is 29.7. The minimum absolute atomic E-state index is 0.0384. The first-order valence-electron chi connectivity index (χ1n) is 12.8. The van der Waals surface area contributed by atoms with Crippen LogP contribution in [0.1, 0.15) is 37.5 Å². The lowest BCUT2D eigenvalue weighted by atomic mass is 10.0. The van der Waals surface area contributed by atoms with Gasteiger partial charge in [0.15, 0.2) is 0 Å². The number of rotatable bonds is 10. The van der Waals surface area contributed by atoms with Crippen LogP contribution in [0.5, 0.6) is 0 Å². The van der Waals surface area contributed by atoms with Gasteiger partial charge >= 0.3 is 0 Å². The molecule has 3 aromatic carbocycles. The molecule has 2 amide bonds. The van der Waals surface area contributed by atoms with E-state index in [0.29, 0.717) is 0 Å². The molecular weight excluding hydrogens is 553 g/mol. The van der Waals surface area contributed by atoms with Gasteiger partial charge in [-0.15, -0.1) is 0 Å². The Labute approximate surface area is 241 Å². The molecule has 10 heteroatoms. The van der Waals surface area contributed by atoms with Crippen molar-refractivity contribution in [3.05, 3.63) is 100 Å². The van der Waals surface area contributed by atoms with Gasteiger partial charge in [-0.25, -0.2) is 12.8 Å². The van der Waals surface area contributed by atoms with Crippen LogP contribution in [0.3, 0.4) is 0 Å². The van der Waals surface area contributed by atoms with E-state index < -0.39 is 39.9 Å². The number of nitrogens with one attached hydrogen (secondary N) is 1. The second-order valence-electron chi connectivity index (χ2n) is 10.8. The second kappa shape index (κ2) is 12.8. The van der Waals surface area contributed by atoms with E-state index in [2.05, 4.69) is 5.32 Å². The van der Waals surface area contributed by atoms with Gasteiger partial charge in [0.25, 0.3) is 0 Å². The molecule has 214 valence electrons. The third-order valence-corrected chi connectivity index (χ3v) is 7.51. The smallest absolute Gasteiger partial charge is 0.244 e. The highest BCUT2D eigenvalue weighted by Crippen LogP contribution is 2.25. The van der Waals surface area contributed by atoms with Gasteiger partial charge < -0.3 is 10.2 Å². The second-order valence-corrected chi connectivity index (χ2v) is 13.1. The monoisotopic (exact) mass is 587 g/mol. The zero-order valence-corrected chi connectivity index (χ0v) is 24.9. The van der Waals surface area contributed by atoms with E-state index in [1.165, 1.54) is 11.0 Å². The predicted octanol–water partition coefficient (Wildman–Crippen LogP) is 5.11.